The number of phenolic OH excluding ortho intramolecular Hbond substituents is 1. The summed E-state index contributed by atoms with van der Waals surface area (Å²) in [5.74, 6) is -1.28. The van der Waals surface area contributed by atoms with Crippen LogP contribution in [-0.4, -0.2) is 11.0 Å². The Morgan fingerprint density at radius 3 is 2.68 bits per heavy atom. The van der Waals surface area contributed by atoms with Crippen LogP contribution in [0.4, 0.5) is 10.1 Å². The van der Waals surface area contributed by atoms with Gasteiger partial charge in [-0.05, 0) is 36.4 Å². The zero-order chi connectivity index (χ0) is 13.8. The third-order valence-corrected chi connectivity index (χ3v) is 2.45. The van der Waals surface area contributed by atoms with Gasteiger partial charge in [0.05, 0.1) is 17.3 Å². The van der Waals surface area contributed by atoms with Gasteiger partial charge in [0, 0.05) is 5.56 Å². The topological polar surface area (TPSA) is 73.1 Å². The number of nitriles is 1. The van der Waals surface area contributed by atoms with Crippen molar-refractivity contribution in [2.24, 2.45) is 0 Å². The Morgan fingerprint density at radius 1 is 1.26 bits per heavy atom. The molecule has 0 atom stereocenters. The summed E-state index contributed by atoms with van der Waals surface area (Å²) < 4.78 is 13.6. The normalized spacial score (nSPS) is 9.68. The molecule has 4 nitrogen and oxygen atoms in total. The minimum absolute atomic E-state index is 0.0210. The average molecular weight is 256 g/mol. The standard InChI is InChI=1S/C14H9FN2O2/c15-12-6-9(8-16)4-5-13(12)17-14(19)10-2-1-3-11(18)7-10/h1-7,18H,(H,17,19). The summed E-state index contributed by atoms with van der Waals surface area (Å²) in [6.07, 6.45) is 0. The second-order valence-corrected chi connectivity index (χ2v) is 3.81. The Kier molecular flexibility index (Phi) is 3.44. The molecule has 94 valence electrons. The molecular formula is C14H9FN2O2. The Labute approximate surface area is 108 Å². The molecule has 0 aliphatic rings. The number of carbonyl (C=O) groups is 1. The Hall–Kier alpha value is -2.87. The van der Waals surface area contributed by atoms with Crippen molar-refractivity contribution < 1.29 is 14.3 Å². The number of halogens is 1. The third-order valence-electron chi connectivity index (χ3n) is 2.45. The lowest BCUT2D eigenvalue weighted by Crippen LogP contribution is -2.12. The van der Waals surface area contributed by atoms with E-state index in [4.69, 9.17) is 5.26 Å². The number of phenols is 1. The second kappa shape index (κ2) is 5.19. The lowest BCUT2D eigenvalue weighted by molar-refractivity contribution is 0.102. The molecule has 0 radical (unpaired) electrons. The monoisotopic (exact) mass is 256 g/mol. The van der Waals surface area contributed by atoms with Crippen LogP contribution in [0.3, 0.4) is 0 Å². The van der Waals surface area contributed by atoms with Crippen LogP contribution in [0.2, 0.25) is 0 Å². The van der Waals surface area contributed by atoms with Crippen molar-refractivity contribution in [2.75, 3.05) is 5.32 Å². The number of nitrogens with one attached hydrogen (secondary N) is 1. The first-order valence-electron chi connectivity index (χ1n) is 5.40. The van der Waals surface area contributed by atoms with E-state index in [1.807, 2.05) is 0 Å². The summed E-state index contributed by atoms with van der Waals surface area (Å²) in [5.41, 5.74) is 0.365. The molecule has 0 fully saturated rings. The van der Waals surface area contributed by atoms with Crippen molar-refractivity contribution in [3.05, 3.63) is 59.4 Å². The number of rotatable bonds is 2. The van der Waals surface area contributed by atoms with Crippen LogP contribution < -0.4 is 5.32 Å². The number of hydrogen-bond donors (Lipinski definition) is 2. The van der Waals surface area contributed by atoms with Crippen LogP contribution in [0, 0.1) is 17.1 Å². The first-order chi connectivity index (χ1) is 9.10. The first-order valence-corrected chi connectivity index (χ1v) is 5.40. The number of amides is 1. The molecule has 2 aromatic carbocycles. The van der Waals surface area contributed by atoms with Crippen LogP contribution in [-0.2, 0) is 0 Å². The summed E-state index contributed by atoms with van der Waals surface area (Å²) in [6, 6.07) is 11.3. The Bertz CT molecular complexity index is 677. The van der Waals surface area contributed by atoms with E-state index in [0.29, 0.717) is 0 Å². The van der Waals surface area contributed by atoms with Crippen molar-refractivity contribution in [1.29, 1.82) is 5.26 Å². The van der Waals surface area contributed by atoms with Gasteiger partial charge in [0.1, 0.15) is 11.6 Å². The summed E-state index contributed by atoms with van der Waals surface area (Å²) in [5, 5.41) is 20.2. The van der Waals surface area contributed by atoms with E-state index in [-0.39, 0.29) is 22.6 Å². The summed E-state index contributed by atoms with van der Waals surface area (Å²) in [6.45, 7) is 0. The largest absolute Gasteiger partial charge is 0.508 e. The highest BCUT2D eigenvalue weighted by molar-refractivity contribution is 6.04. The summed E-state index contributed by atoms with van der Waals surface area (Å²) in [7, 11) is 0. The predicted octanol–water partition coefficient (Wildman–Crippen LogP) is 2.66. The Balaban J connectivity index is 2.22. The van der Waals surface area contributed by atoms with Gasteiger partial charge >= 0.3 is 0 Å². The van der Waals surface area contributed by atoms with Crippen molar-refractivity contribution in [3.8, 4) is 11.8 Å². The van der Waals surface area contributed by atoms with Gasteiger partial charge in [-0.3, -0.25) is 4.79 Å². The fraction of sp³-hybridized carbons (Fsp3) is 0. The molecule has 5 heteroatoms. The minimum atomic E-state index is -0.687. The highest BCUT2D eigenvalue weighted by Crippen LogP contribution is 2.17. The molecule has 0 aliphatic carbocycles. The first kappa shape index (κ1) is 12.6. The van der Waals surface area contributed by atoms with Gasteiger partial charge in [0.15, 0.2) is 0 Å². The molecule has 0 saturated heterocycles. The van der Waals surface area contributed by atoms with E-state index in [1.54, 1.807) is 6.07 Å². The van der Waals surface area contributed by atoms with Crippen molar-refractivity contribution in [1.82, 2.24) is 0 Å². The molecule has 19 heavy (non-hydrogen) atoms. The number of carbonyl (C=O) groups excluding carboxylic acids is 1. The fourth-order valence-electron chi connectivity index (χ4n) is 1.53. The van der Waals surface area contributed by atoms with Crippen molar-refractivity contribution in [3.63, 3.8) is 0 Å². The van der Waals surface area contributed by atoms with Gasteiger partial charge in [0.25, 0.3) is 5.91 Å². The molecule has 0 heterocycles. The number of nitrogens with zero attached hydrogens (tertiary/aromatic N) is 1. The van der Waals surface area contributed by atoms with Crippen molar-refractivity contribution >= 4 is 11.6 Å². The van der Waals surface area contributed by atoms with E-state index in [9.17, 15) is 14.3 Å². The maximum Gasteiger partial charge on any atom is 0.255 e. The zero-order valence-corrected chi connectivity index (χ0v) is 9.72. The number of benzene rings is 2. The van der Waals surface area contributed by atoms with Gasteiger partial charge in [-0.2, -0.15) is 5.26 Å². The molecule has 1 amide bonds. The van der Waals surface area contributed by atoms with E-state index < -0.39 is 11.7 Å². The fourth-order valence-corrected chi connectivity index (χ4v) is 1.53. The van der Waals surface area contributed by atoms with Crippen LogP contribution in [0.25, 0.3) is 0 Å². The van der Waals surface area contributed by atoms with Gasteiger partial charge in [0.2, 0.25) is 0 Å². The van der Waals surface area contributed by atoms with Crippen LogP contribution >= 0.6 is 0 Å². The minimum Gasteiger partial charge on any atom is -0.508 e. The maximum absolute atomic E-state index is 13.6. The molecular weight excluding hydrogens is 247 g/mol. The summed E-state index contributed by atoms with van der Waals surface area (Å²) >= 11 is 0. The van der Waals surface area contributed by atoms with Crippen LogP contribution in [0.5, 0.6) is 5.75 Å². The average Bonchev–Trinajstić information content (AvgIpc) is 2.41. The maximum atomic E-state index is 13.6. The third kappa shape index (κ3) is 2.87. The SMILES string of the molecule is N#Cc1ccc(NC(=O)c2cccc(O)c2)c(F)c1. The van der Waals surface area contributed by atoms with Crippen molar-refractivity contribution in [2.45, 2.75) is 0 Å². The summed E-state index contributed by atoms with van der Waals surface area (Å²) in [4.78, 5) is 11.8. The molecule has 0 aromatic heterocycles. The molecule has 0 unspecified atom stereocenters. The highest BCUT2D eigenvalue weighted by Gasteiger charge is 2.10. The molecule has 0 aliphatic heterocycles. The lowest BCUT2D eigenvalue weighted by atomic mass is 10.1. The molecule has 0 spiro atoms. The van der Waals surface area contributed by atoms with Gasteiger partial charge < -0.3 is 10.4 Å². The van der Waals surface area contributed by atoms with Gasteiger partial charge in [-0.15, -0.1) is 0 Å². The molecule has 2 N–H and O–H groups in total. The lowest BCUT2D eigenvalue weighted by Gasteiger charge is -2.06. The number of aromatic hydroxyl groups is 1. The molecule has 0 saturated carbocycles. The number of hydrogen-bond acceptors (Lipinski definition) is 3. The van der Waals surface area contributed by atoms with E-state index in [1.165, 1.54) is 36.4 Å². The van der Waals surface area contributed by atoms with E-state index >= 15 is 0 Å². The van der Waals surface area contributed by atoms with Crippen LogP contribution in [0.15, 0.2) is 42.5 Å². The zero-order valence-electron chi connectivity index (χ0n) is 9.72. The smallest absolute Gasteiger partial charge is 0.255 e. The van der Waals surface area contributed by atoms with E-state index in [0.717, 1.165) is 6.07 Å². The Morgan fingerprint density at radius 2 is 2.05 bits per heavy atom. The molecule has 2 rings (SSSR count). The second-order valence-electron chi connectivity index (χ2n) is 3.81. The number of anilines is 1. The van der Waals surface area contributed by atoms with Gasteiger partial charge in [-0.25, -0.2) is 4.39 Å². The quantitative estimate of drug-likeness (QED) is 0.867. The van der Waals surface area contributed by atoms with Crippen LogP contribution in [0.1, 0.15) is 15.9 Å². The highest BCUT2D eigenvalue weighted by atomic mass is 19.1. The molecule has 2 aromatic rings. The van der Waals surface area contributed by atoms with Gasteiger partial charge in [-0.1, -0.05) is 6.07 Å². The van der Waals surface area contributed by atoms with E-state index in [2.05, 4.69) is 5.32 Å². The predicted molar refractivity (Wildman–Crippen MR) is 67.2 cm³/mol. The molecule has 0 bridgehead atoms.